The van der Waals surface area contributed by atoms with Crippen molar-refractivity contribution in [3.63, 3.8) is 0 Å². The van der Waals surface area contributed by atoms with Crippen LogP contribution in [0.3, 0.4) is 0 Å². The van der Waals surface area contributed by atoms with E-state index in [1.165, 1.54) is 11.1 Å². The molecule has 0 atom stereocenters. The third-order valence-electron chi connectivity index (χ3n) is 4.50. The first kappa shape index (κ1) is 16.1. The average Bonchev–Trinajstić information content (AvgIpc) is 3.08. The summed E-state index contributed by atoms with van der Waals surface area (Å²) in [7, 11) is 0. The number of fused-ring (bicyclic) bond motifs is 1. The van der Waals surface area contributed by atoms with Gasteiger partial charge in [0.05, 0.1) is 11.9 Å². The van der Waals surface area contributed by atoms with Gasteiger partial charge in [0.1, 0.15) is 5.75 Å². The first-order valence-corrected chi connectivity index (χ1v) is 8.53. The molecule has 0 spiro atoms. The molecule has 4 rings (SSSR count). The number of anilines is 1. The van der Waals surface area contributed by atoms with Gasteiger partial charge in [0.15, 0.2) is 11.5 Å². The fraction of sp³-hybridized carbons (Fsp3) is 0.143. The second-order valence-electron chi connectivity index (χ2n) is 6.45. The topological polar surface area (TPSA) is 62.5 Å². The Kier molecular flexibility index (Phi) is 4.05. The van der Waals surface area contributed by atoms with Crippen LogP contribution in [0, 0.1) is 13.8 Å². The monoisotopic (exact) mass is 344 g/mol. The highest BCUT2D eigenvalue weighted by atomic mass is 16.3. The van der Waals surface area contributed by atoms with Gasteiger partial charge in [0, 0.05) is 24.5 Å². The SMILES string of the molecule is Cc1ccc(CNc2nccn3c(-c4ccc(O)c(C)c4)cnc23)cc1. The van der Waals surface area contributed by atoms with Crippen molar-refractivity contribution in [3.8, 4) is 17.0 Å². The number of benzene rings is 2. The number of imidazole rings is 1. The lowest BCUT2D eigenvalue weighted by atomic mass is 10.1. The maximum absolute atomic E-state index is 9.75. The molecule has 0 saturated carbocycles. The van der Waals surface area contributed by atoms with Gasteiger partial charge < -0.3 is 10.4 Å². The summed E-state index contributed by atoms with van der Waals surface area (Å²) in [6.07, 6.45) is 5.50. The van der Waals surface area contributed by atoms with Crippen molar-refractivity contribution in [3.05, 3.63) is 77.7 Å². The van der Waals surface area contributed by atoms with E-state index >= 15 is 0 Å². The van der Waals surface area contributed by atoms with E-state index in [-0.39, 0.29) is 0 Å². The number of aromatic nitrogens is 3. The van der Waals surface area contributed by atoms with E-state index in [2.05, 4.69) is 46.5 Å². The number of phenols is 1. The van der Waals surface area contributed by atoms with Crippen LogP contribution in [0.15, 0.2) is 61.1 Å². The number of nitrogens with zero attached hydrogens (tertiary/aromatic N) is 3. The number of rotatable bonds is 4. The maximum atomic E-state index is 9.75. The van der Waals surface area contributed by atoms with Crippen LogP contribution in [-0.4, -0.2) is 19.5 Å². The minimum Gasteiger partial charge on any atom is -0.508 e. The molecule has 0 radical (unpaired) electrons. The fourth-order valence-electron chi connectivity index (χ4n) is 2.96. The Balaban J connectivity index is 1.66. The van der Waals surface area contributed by atoms with Gasteiger partial charge in [-0.25, -0.2) is 9.97 Å². The van der Waals surface area contributed by atoms with E-state index in [0.717, 1.165) is 28.3 Å². The number of hydrogen-bond donors (Lipinski definition) is 2. The van der Waals surface area contributed by atoms with Crippen molar-refractivity contribution >= 4 is 11.5 Å². The molecule has 0 aliphatic heterocycles. The molecular formula is C21H20N4O. The normalized spacial score (nSPS) is 11.0. The van der Waals surface area contributed by atoms with Gasteiger partial charge in [0.2, 0.25) is 0 Å². The summed E-state index contributed by atoms with van der Waals surface area (Å²) in [6.45, 7) is 4.65. The summed E-state index contributed by atoms with van der Waals surface area (Å²) in [4.78, 5) is 8.99. The first-order chi connectivity index (χ1) is 12.6. The predicted octanol–water partition coefficient (Wildman–Crippen LogP) is 4.33. The van der Waals surface area contributed by atoms with Gasteiger partial charge in [-0.1, -0.05) is 29.8 Å². The average molecular weight is 344 g/mol. The molecule has 4 aromatic rings. The zero-order valence-corrected chi connectivity index (χ0v) is 14.8. The standard InChI is InChI=1S/C21H20N4O/c1-14-3-5-16(6-4-14)12-23-20-21-24-13-18(25(21)10-9-22-20)17-7-8-19(26)15(2)11-17/h3-11,13,26H,12H2,1-2H3,(H,22,23). The lowest BCUT2D eigenvalue weighted by Gasteiger charge is -2.09. The quantitative estimate of drug-likeness (QED) is 0.578. The van der Waals surface area contributed by atoms with Gasteiger partial charge >= 0.3 is 0 Å². The van der Waals surface area contributed by atoms with Gasteiger partial charge in [0.25, 0.3) is 0 Å². The molecule has 0 bridgehead atoms. The van der Waals surface area contributed by atoms with E-state index in [1.807, 2.05) is 35.9 Å². The van der Waals surface area contributed by atoms with Crippen molar-refractivity contribution in [2.45, 2.75) is 20.4 Å². The molecule has 0 aliphatic rings. The Labute approximate surface area is 152 Å². The molecule has 2 heterocycles. The highest BCUT2D eigenvalue weighted by molar-refractivity contribution is 5.71. The first-order valence-electron chi connectivity index (χ1n) is 8.53. The molecule has 0 fully saturated rings. The van der Waals surface area contributed by atoms with Crippen molar-refractivity contribution in [1.82, 2.24) is 14.4 Å². The highest BCUT2D eigenvalue weighted by Gasteiger charge is 2.11. The third kappa shape index (κ3) is 2.99. The van der Waals surface area contributed by atoms with E-state index in [0.29, 0.717) is 12.3 Å². The number of hydrogen-bond acceptors (Lipinski definition) is 4. The summed E-state index contributed by atoms with van der Waals surface area (Å²) >= 11 is 0. The smallest absolute Gasteiger partial charge is 0.180 e. The zero-order valence-electron chi connectivity index (χ0n) is 14.8. The largest absolute Gasteiger partial charge is 0.508 e. The molecular weight excluding hydrogens is 324 g/mol. The predicted molar refractivity (Wildman–Crippen MR) is 103 cm³/mol. The third-order valence-corrected chi connectivity index (χ3v) is 4.50. The van der Waals surface area contributed by atoms with Crippen molar-refractivity contribution in [1.29, 1.82) is 0 Å². The lowest BCUT2D eigenvalue weighted by molar-refractivity contribution is 0.471. The zero-order chi connectivity index (χ0) is 18.1. The van der Waals surface area contributed by atoms with Crippen LogP contribution < -0.4 is 5.32 Å². The highest BCUT2D eigenvalue weighted by Crippen LogP contribution is 2.27. The van der Waals surface area contributed by atoms with Crippen molar-refractivity contribution in [2.75, 3.05) is 5.32 Å². The van der Waals surface area contributed by atoms with E-state index in [4.69, 9.17) is 0 Å². The minimum atomic E-state index is 0.296. The van der Waals surface area contributed by atoms with Gasteiger partial charge in [-0.3, -0.25) is 4.40 Å². The van der Waals surface area contributed by atoms with Crippen LogP contribution >= 0.6 is 0 Å². The van der Waals surface area contributed by atoms with Crippen LogP contribution in [0.4, 0.5) is 5.82 Å². The number of nitrogens with one attached hydrogen (secondary N) is 1. The Morgan fingerprint density at radius 2 is 1.85 bits per heavy atom. The summed E-state index contributed by atoms with van der Waals surface area (Å²) in [5.74, 6) is 1.04. The van der Waals surface area contributed by atoms with E-state index in [1.54, 1.807) is 12.3 Å². The molecule has 0 unspecified atom stereocenters. The maximum Gasteiger partial charge on any atom is 0.180 e. The molecule has 130 valence electrons. The lowest BCUT2D eigenvalue weighted by Crippen LogP contribution is -2.04. The molecule has 5 nitrogen and oxygen atoms in total. The molecule has 2 aromatic carbocycles. The molecule has 26 heavy (non-hydrogen) atoms. The molecule has 0 aliphatic carbocycles. The Hall–Kier alpha value is -3.34. The Morgan fingerprint density at radius 1 is 1.04 bits per heavy atom. The summed E-state index contributed by atoms with van der Waals surface area (Å²) in [6, 6.07) is 14.0. The second kappa shape index (κ2) is 6.52. The number of aryl methyl sites for hydroxylation is 2. The van der Waals surface area contributed by atoms with Crippen LogP contribution in [0.2, 0.25) is 0 Å². The second-order valence-corrected chi connectivity index (χ2v) is 6.45. The molecule has 2 aromatic heterocycles. The Bertz CT molecular complexity index is 1070. The summed E-state index contributed by atoms with van der Waals surface area (Å²) in [5.41, 5.74) is 6.02. The van der Waals surface area contributed by atoms with Gasteiger partial charge in [-0.15, -0.1) is 0 Å². The van der Waals surface area contributed by atoms with Crippen molar-refractivity contribution in [2.24, 2.45) is 0 Å². The molecule has 5 heteroatoms. The van der Waals surface area contributed by atoms with E-state index < -0.39 is 0 Å². The molecule has 2 N–H and O–H groups in total. The van der Waals surface area contributed by atoms with Crippen LogP contribution in [0.5, 0.6) is 5.75 Å². The molecule has 0 amide bonds. The summed E-state index contributed by atoms with van der Waals surface area (Å²) in [5, 5.41) is 13.1. The summed E-state index contributed by atoms with van der Waals surface area (Å²) < 4.78 is 2.01. The van der Waals surface area contributed by atoms with Gasteiger partial charge in [-0.2, -0.15) is 0 Å². The minimum absolute atomic E-state index is 0.296. The number of aromatic hydroxyl groups is 1. The Morgan fingerprint density at radius 3 is 2.62 bits per heavy atom. The number of phenolic OH excluding ortho intramolecular Hbond substituents is 1. The van der Waals surface area contributed by atoms with E-state index in [9.17, 15) is 5.11 Å². The van der Waals surface area contributed by atoms with Crippen LogP contribution in [0.25, 0.3) is 16.9 Å². The molecule has 0 saturated heterocycles. The van der Waals surface area contributed by atoms with Crippen LogP contribution in [0.1, 0.15) is 16.7 Å². The van der Waals surface area contributed by atoms with Crippen LogP contribution in [-0.2, 0) is 6.54 Å². The van der Waals surface area contributed by atoms with Gasteiger partial charge in [-0.05, 0) is 43.2 Å². The fourth-order valence-corrected chi connectivity index (χ4v) is 2.96. The van der Waals surface area contributed by atoms with Crippen molar-refractivity contribution < 1.29 is 5.11 Å².